The molecule has 6 atom stereocenters. The lowest BCUT2D eigenvalue weighted by Gasteiger charge is -2.48. The van der Waals surface area contributed by atoms with Crippen molar-refractivity contribution in [2.45, 2.75) is 17.2 Å². The van der Waals surface area contributed by atoms with Crippen LogP contribution in [0.4, 0.5) is 0 Å². The summed E-state index contributed by atoms with van der Waals surface area (Å²) in [5, 5.41) is 11.5. The average Bonchev–Trinajstić information content (AvgIpc) is 2.94. The standard InChI is InChI=1S/C34H22Cl2O2/c35-32-30-23-13-12-19-17-5-2-1-4-15(17)14-16-8-9-20(26(23)25(16)19)22-11-10-21-18-6-3-7-24(37)27(18)34(38)31(33(32)36)29(21)28(22)30/h1-7,9-14,16-17,23,26,32-33,37H,8H2. The lowest BCUT2D eigenvalue weighted by molar-refractivity contribution is 0.105. The largest absolute Gasteiger partial charge is 0.507 e. The molecule has 0 bridgehead atoms. The molecule has 0 heterocycles. The Bertz CT molecular complexity index is 1880. The normalized spacial score (nSPS) is 32.3. The molecular weight excluding hydrogens is 511 g/mol. The molecule has 6 unspecified atom stereocenters. The third-order valence-corrected chi connectivity index (χ3v) is 10.8. The number of allylic oxidation sites excluding steroid dienone is 12. The van der Waals surface area contributed by atoms with Crippen LogP contribution in [0.15, 0.2) is 95.7 Å². The molecule has 0 saturated heterocycles. The lowest BCUT2D eigenvalue weighted by Crippen LogP contribution is -2.53. The Morgan fingerprint density at radius 3 is 2.63 bits per heavy atom. The third-order valence-electron chi connectivity index (χ3n) is 9.70. The van der Waals surface area contributed by atoms with E-state index in [0.29, 0.717) is 23.0 Å². The Balaban J connectivity index is 1.38. The molecule has 0 radical (unpaired) electrons. The number of phenolic OH excluding ortho intramolecular Hbond substituents is 1. The number of Topliss-reactive ketones (excluding diaryl/α,β-unsaturated/α-hetero) is 1. The number of hydrogen-bond acceptors (Lipinski definition) is 2. The first kappa shape index (κ1) is 21.6. The average molecular weight is 533 g/mol. The zero-order valence-corrected chi connectivity index (χ0v) is 21.8. The van der Waals surface area contributed by atoms with Crippen molar-refractivity contribution in [2.24, 2.45) is 23.7 Å². The van der Waals surface area contributed by atoms with E-state index in [1.165, 1.54) is 27.9 Å². The number of carbonyl (C=O) groups is 1. The van der Waals surface area contributed by atoms with E-state index in [1.54, 1.807) is 12.1 Å². The number of halogens is 2. The first-order chi connectivity index (χ1) is 18.5. The van der Waals surface area contributed by atoms with Gasteiger partial charge in [-0.15, -0.1) is 23.2 Å². The second-order valence-corrected chi connectivity index (χ2v) is 12.2. The summed E-state index contributed by atoms with van der Waals surface area (Å²) in [5.74, 6) is 0.795. The Hall–Kier alpha value is -3.33. The smallest absolute Gasteiger partial charge is 0.195 e. The molecule has 38 heavy (non-hydrogen) atoms. The summed E-state index contributed by atoms with van der Waals surface area (Å²) >= 11 is 14.4. The quantitative estimate of drug-likeness (QED) is 0.423. The lowest BCUT2D eigenvalue weighted by atomic mass is 9.56. The molecule has 1 N–H and O–H groups in total. The van der Waals surface area contributed by atoms with E-state index in [0.717, 1.165) is 33.6 Å². The molecule has 0 spiro atoms. The van der Waals surface area contributed by atoms with Crippen molar-refractivity contribution in [3.63, 3.8) is 0 Å². The predicted octanol–water partition coefficient (Wildman–Crippen LogP) is 5.98. The van der Waals surface area contributed by atoms with Gasteiger partial charge in [-0.3, -0.25) is 4.79 Å². The summed E-state index contributed by atoms with van der Waals surface area (Å²) in [5.41, 5.74) is 10.6. The Kier molecular flexibility index (Phi) is 4.09. The van der Waals surface area contributed by atoms with Gasteiger partial charge in [0.25, 0.3) is 0 Å². The van der Waals surface area contributed by atoms with Crippen LogP contribution in [-0.4, -0.2) is 21.6 Å². The van der Waals surface area contributed by atoms with Crippen molar-refractivity contribution in [3.05, 3.63) is 117 Å². The maximum Gasteiger partial charge on any atom is 0.195 e. The van der Waals surface area contributed by atoms with Gasteiger partial charge in [-0.25, -0.2) is 0 Å². The van der Waals surface area contributed by atoms with Gasteiger partial charge in [0.05, 0.1) is 16.3 Å². The third kappa shape index (κ3) is 2.41. The SMILES string of the molecule is O=C1C2=c3c(ccc4c3=C(C(Cl)C2Cl)C2C=CC3=C5C(C=C6C=CC=CC63)CC=C4C52)-c2cccc(O)c21. The van der Waals surface area contributed by atoms with Gasteiger partial charge in [-0.1, -0.05) is 78.4 Å². The van der Waals surface area contributed by atoms with Gasteiger partial charge in [0.2, 0.25) is 0 Å². The number of ketones is 1. The Morgan fingerprint density at radius 2 is 1.74 bits per heavy atom. The molecule has 0 saturated carbocycles. The minimum Gasteiger partial charge on any atom is -0.507 e. The highest BCUT2D eigenvalue weighted by Gasteiger charge is 2.49. The fraction of sp³-hybridized carbons (Fsp3) is 0.206. The van der Waals surface area contributed by atoms with Gasteiger partial charge in [-0.05, 0) is 61.9 Å². The number of benzene rings is 2. The van der Waals surface area contributed by atoms with Crippen molar-refractivity contribution in [3.8, 4) is 16.9 Å². The first-order valence-electron chi connectivity index (χ1n) is 13.3. The van der Waals surface area contributed by atoms with E-state index in [1.807, 2.05) is 6.07 Å². The summed E-state index contributed by atoms with van der Waals surface area (Å²) in [6.07, 6.45) is 19.4. The van der Waals surface area contributed by atoms with Crippen molar-refractivity contribution >= 4 is 45.7 Å². The van der Waals surface area contributed by atoms with Gasteiger partial charge in [0, 0.05) is 29.2 Å². The molecule has 7 aliphatic carbocycles. The molecule has 0 aliphatic heterocycles. The van der Waals surface area contributed by atoms with E-state index in [4.69, 9.17) is 23.2 Å². The number of fused-ring (bicyclic) bond motifs is 6. The molecule has 2 nitrogen and oxygen atoms in total. The summed E-state index contributed by atoms with van der Waals surface area (Å²) in [7, 11) is 0. The van der Waals surface area contributed by atoms with E-state index in [2.05, 4.69) is 60.7 Å². The van der Waals surface area contributed by atoms with Gasteiger partial charge in [0.1, 0.15) is 5.75 Å². The zero-order valence-electron chi connectivity index (χ0n) is 20.3. The number of aromatic hydroxyl groups is 1. The minimum absolute atomic E-state index is 0.0137. The predicted molar refractivity (Wildman–Crippen MR) is 152 cm³/mol. The molecule has 9 rings (SSSR count). The molecule has 4 heteroatoms. The maximum atomic E-state index is 13.9. The second kappa shape index (κ2) is 7.20. The highest BCUT2D eigenvalue weighted by Crippen LogP contribution is 2.57. The fourth-order valence-electron chi connectivity index (χ4n) is 8.29. The van der Waals surface area contributed by atoms with Crippen LogP contribution < -0.4 is 10.4 Å². The highest BCUT2D eigenvalue weighted by atomic mass is 35.5. The van der Waals surface area contributed by atoms with Crippen LogP contribution in [0.1, 0.15) is 22.3 Å². The number of hydrogen-bond donors (Lipinski definition) is 1. The van der Waals surface area contributed by atoms with Crippen LogP contribution in [0.3, 0.4) is 0 Å². The van der Waals surface area contributed by atoms with Gasteiger partial charge < -0.3 is 5.11 Å². The van der Waals surface area contributed by atoms with Crippen LogP contribution >= 0.6 is 23.2 Å². The molecular formula is C34H22Cl2O2. The van der Waals surface area contributed by atoms with E-state index in [9.17, 15) is 9.90 Å². The first-order valence-corrected chi connectivity index (χ1v) is 14.2. The number of carbonyl (C=O) groups excluding carboxylic acids is 1. The van der Waals surface area contributed by atoms with Crippen LogP contribution in [0.25, 0.3) is 27.8 Å². The molecule has 0 fully saturated rings. The number of phenols is 1. The second-order valence-electron chi connectivity index (χ2n) is 11.3. The van der Waals surface area contributed by atoms with E-state index >= 15 is 0 Å². The van der Waals surface area contributed by atoms with Gasteiger partial charge >= 0.3 is 0 Å². The van der Waals surface area contributed by atoms with Crippen LogP contribution in [0, 0.1) is 23.7 Å². The molecule has 2 aromatic rings. The zero-order chi connectivity index (χ0) is 25.4. The number of rotatable bonds is 0. The van der Waals surface area contributed by atoms with Crippen molar-refractivity contribution in [2.75, 3.05) is 0 Å². The van der Waals surface area contributed by atoms with Crippen LogP contribution in [-0.2, 0) is 0 Å². The summed E-state index contributed by atoms with van der Waals surface area (Å²) in [6, 6.07) is 9.61. The van der Waals surface area contributed by atoms with Crippen molar-refractivity contribution in [1.29, 1.82) is 0 Å². The Morgan fingerprint density at radius 1 is 0.868 bits per heavy atom. The number of alkyl halides is 2. The van der Waals surface area contributed by atoms with Crippen molar-refractivity contribution < 1.29 is 9.90 Å². The molecule has 0 aromatic heterocycles. The fourth-order valence-corrected chi connectivity index (χ4v) is 9.01. The summed E-state index contributed by atoms with van der Waals surface area (Å²) in [4.78, 5) is 13.9. The molecule has 184 valence electrons. The van der Waals surface area contributed by atoms with E-state index < -0.39 is 10.8 Å². The topological polar surface area (TPSA) is 37.3 Å². The molecule has 2 aromatic carbocycles. The van der Waals surface area contributed by atoms with Crippen LogP contribution in [0.2, 0.25) is 0 Å². The summed E-state index contributed by atoms with van der Waals surface area (Å²) < 4.78 is 0. The Labute approximate surface area is 230 Å². The minimum atomic E-state index is -0.675. The van der Waals surface area contributed by atoms with Crippen molar-refractivity contribution in [1.82, 2.24) is 0 Å². The maximum absolute atomic E-state index is 13.9. The molecule has 0 amide bonds. The van der Waals surface area contributed by atoms with Crippen LogP contribution in [0.5, 0.6) is 5.75 Å². The highest BCUT2D eigenvalue weighted by molar-refractivity contribution is 6.45. The molecule has 7 aliphatic rings. The summed E-state index contributed by atoms with van der Waals surface area (Å²) in [6.45, 7) is 0. The van der Waals surface area contributed by atoms with Gasteiger partial charge in [-0.2, -0.15) is 0 Å². The van der Waals surface area contributed by atoms with E-state index in [-0.39, 0.29) is 23.4 Å². The van der Waals surface area contributed by atoms with Gasteiger partial charge in [0.15, 0.2) is 5.78 Å². The monoisotopic (exact) mass is 532 g/mol.